The van der Waals surface area contributed by atoms with Crippen molar-refractivity contribution in [3.05, 3.63) is 0 Å². The summed E-state index contributed by atoms with van der Waals surface area (Å²) in [6.45, 7) is 2.28. The van der Waals surface area contributed by atoms with Crippen molar-refractivity contribution in [1.82, 2.24) is 10.6 Å². The lowest BCUT2D eigenvalue weighted by Crippen LogP contribution is -2.42. The second-order valence-electron chi connectivity index (χ2n) is 3.59. The summed E-state index contributed by atoms with van der Waals surface area (Å²) < 4.78 is 21.9. The average Bonchev–Trinajstić information content (AvgIpc) is 2.20. The first-order valence-electron chi connectivity index (χ1n) is 4.97. The Hall–Kier alpha value is -1.22. The van der Waals surface area contributed by atoms with Crippen molar-refractivity contribution in [1.29, 1.82) is 0 Å². The fraction of sp³-hybridized carbons (Fsp3) is 0.700. The number of terminal acetylenes is 1. The van der Waals surface area contributed by atoms with Crippen LogP contribution in [-0.2, 0) is 9.84 Å². The van der Waals surface area contributed by atoms with E-state index in [0.29, 0.717) is 18.9 Å². The summed E-state index contributed by atoms with van der Waals surface area (Å²) in [6.07, 6.45) is 6.87. The molecule has 0 heterocycles. The molecule has 0 aliphatic carbocycles. The maximum atomic E-state index is 11.0. The molecule has 6 heteroatoms. The monoisotopic (exact) mass is 245 g/mol. The minimum absolute atomic E-state index is 0.0266. The lowest BCUT2D eigenvalue weighted by atomic mass is 10.3. The average molecular weight is 245 g/mol. The van der Waals surface area contributed by atoms with Crippen molar-refractivity contribution < 1.29 is 8.42 Å². The number of nitrogens with one attached hydrogen (secondary N) is 2. The predicted octanol–water partition coefficient (Wildman–Crippen LogP) is -0.392. The standard InChI is InChI=1S/C10H19N3O2S/c1-5-7-12-10(11-3)13-9(2)6-8-16(4,14)15/h1,9H,6-8H2,2-4H3,(H2,11,12,13). The molecule has 0 amide bonds. The summed E-state index contributed by atoms with van der Waals surface area (Å²) in [7, 11) is -1.28. The number of hydrogen-bond acceptors (Lipinski definition) is 3. The van der Waals surface area contributed by atoms with E-state index >= 15 is 0 Å². The van der Waals surface area contributed by atoms with Crippen LogP contribution in [-0.4, -0.2) is 46.0 Å². The van der Waals surface area contributed by atoms with Crippen LogP contribution in [0.3, 0.4) is 0 Å². The van der Waals surface area contributed by atoms with E-state index in [9.17, 15) is 8.42 Å². The molecule has 0 bridgehead atoms. The van der Waals surface area contributed by atoms with Gasteiger partial charge in [0, 0.05) is 19.3 Å². The number of aliphatic imine (C=N–C) groups is 1. The molecule has 2 N–H and O–H groups in total. The molecule has 0 aromatic carbocycles. The summed E-state index contributed by atoms with van der Waals surface area (Å²) in [6, 6.07) is 0.0266. The second kappa shape index (κ2) is 7.12. The number of nitrogens with zero attached hydrogens (tertiary/aromatic N) is 1. The molecule has 0 saturated heterocycles. The molecule has 1 atom stereocenters. The Balaban J connectivity index is 4.03. The van der Waals surface area contributed by atoms with Crippen molar-refractivity contribution >= 4 is 15.8 Å². The summed E-state index contributed by atoms with van der Waals surface area (Å²) in [5.74, 6) is 3.18. The molecular weight excluding hydrogens is 226 g/mol. The van der Waals surface area contributed by atoms with E-state index in [2.05, 4.69) is 21.5 Å². The SMILES string of the molecule is C#CCNC(=NC)NC(C)CCS(C)(=O)=O. The molecular formula is C10H19N3O2S. The van der Waals surface area contributed by atoms with E-state index < -0.39 is 9.84 Å². The molecule has 0 rings (SSSR count). The first kappa shape index (κ1) is 14.8. The van der Waals surface area contributed by atoms with Gasteiger partial charge in [-0.15, -0.1) is 6.42 Å². The van der Waals surface area contributed by atoms with Gasteiger partial charge in [0.1, 0.15) is 9.84 Å². The summed E-state index contributed by atoms with van der Waals surface area (Å²) in [5, 5.41) is 5.95. The fourth-order valence-electron chi connectivity index (χ4n) is 1.03. The zero-order chi connectivity index (χ0) is 12.6. The maximum Gasteiger partial charge on any atom is 0.191 e. The van der Waals surface area contributed by atoms with Gasteiger partial charge in [0.25, 0.3) is 0 Å². The van der Waals surface area contributed by atoms with Gasteiger partial charge in [-0.05, 0) is 13.3 Å². The van der Waals surface area contributed by atoms with Crippen molar-refractivity contribution in [2.24, 2.45) is 4.99 Å². The van der Waals surface area contributed by atoms with Crippen molar-refractivity contribution in [2.75, 3.05) is 25.6 Å². The fourth-order valence-corrected chi connectivity index (χ4v) is 1.81. The van der Waals surface area contributed by atoms with Gasteiger partial charge >= 0.3 is 0 Å². The molecule has 0 radical (unpaired) electrons. The van der Waals surface area contributed by atoms with Gasteiger partial charge < -0.3 is 10.6 Å². The molecule has 92 valence electrons. The van der Waals surface area contributed by atoms with Gasteiger partial charge in [0.2, 0.25) is 0 Å². The smallest absolute Gasteiger partial charge is 0.191 e. The van der Waals surface area contributed by atoms with Crippen molar-refractivity contribution in [3.8, 4) is 12.3 Å². The highest BCUT2D eigenvalue weighted by atomic mass is 32.2. The van der Waals surface area contributed by atoms with Crippen LogP contribution in [0.1, 0.15) is 13.3 Å². The van der Waals surface area contributed by atoms with Crippen LogP contribution in [0.25, 0.3) is 0 Å². The van der Waals surface area contributed by atoms with Crippen molar-refractivity contribution in [2.45, 2.75) is 19.4 Å². The zero-order valence-corrected chi connectivity index (χ0v) is 10.8. The third-order valence-electron chi connectivity index (χ3n) is 1.89. The van der Waals surface area contributed by atoms with Gasteiger partial charge in [-0.3, -0.25) is 4.99 Å². The third kappa shape index (κ3) is 8.12. The van der Waals surface area contributed by atoms with E-state index in [-0.39, 0.29) is 11.8 Å². The number of guanidine groups is 1. The van der Waals surface area contributed by atoms with Crippen LogP contribution in [0.4, 0.5) is 0 Å². The first-order chi connectivity index (χ1) is 7.39. The minimum Gasteiger partial charge on any atom is -0.354 e. The topological polar surface area (TPSA) is 70.6 Å². The molecule has 0 fully saturated rings. The Bertz CT molecular complexity index is 368. The molecule has 0 aromatic heterocycles. The first-order valence-corrected chi connectivity index (χ1v) is 7.03. The van der Waals surface area contributed by atoms with Crippen LogP contribution in [0, 0.1) is 12.3 Å². The van der Waals surface area contributed by atoms with Gasteiger partial charge in [0.05, 0.1) is 12.3 Å². The lowest BCUT2D eigenvalue weighted by molar-refractivity contribution is 0.582. The van der Waals surface area contributed by atoms with Crippen LogP contribution in [0.5, 0.6) is 0 Å². The Morgan fingerprint density at radius 2 is 2.19 bits per heavy atom. The maximum absolute atomic E-state index is 11.0. The Labute approximate surface area is 97.6 Å². The molecule has 0 aliphatic heterocycles. The molecule has 16 heavy (non-hydrogen) atoms. The summed E-state index contributed by atoms with van der Waals surface area (Å²) in [5.41, 5.74) is 0. The number of sulfone groups is 1. The zero-order valence-electron chi connectivity index (χ0n) is 9.95. The highest BCUT2D eigenvalue weighted by molar-refractivity contribution is 7.90. The number of rotatable bonds is 5. The predicted molar refractivity (Wildman–Crippen MR) is 67.1 cm³/mol. The van der Waals surface area contributed by atoms with Crippen LogP contribution >= 0.6 is 0 Å². The van der Waals surface area contributed by atoms with Crippen molar-refractivity contribution in [3.63, 3.8) is 0 Å². The lowest BCUT2D eigenvalue weighted by Gasteiger charge is -2.16. The molecule has 0 aromatic rings. The van der Waals surface area contributed by atoms with E-state index in [1.54, 1.807) is 7.05 Å². The van der Waals surface area contributed by atoms with E-state index in [1.807, 2.05) is 6.92 Å². The van der Waals surface area contributed by atoms with Gasteiger partial charge in [0.15, 0.2) is 5.96 Å². The Morgan fingerprint density at radius 3 is 2.62 bits per heavy atom. The quantitative estimate of drug-likeness (QED) is 0.393. The molecule has 0 spiro atoms. The van der Waals surface area contributed by atoms with Crippen LogP contribution in [0.15, 0.2) is 4.99 Å². The molecule has 5 nitrogen and oxygen atoms in total. The third-order valence-corrected chi connectivity index (χ3v) is 2.86. The van der Waals surface area contributed by atoms with Crippen LogP contribution in [0.2, 0.25) is 0 Å². The number of hydrogen-bond donors (Lipinski definition) is 2. The second-order valence-corrected chi connectivity index (χ2v) is 5.85. The summed E-state index contributed by atoms with van der Waals surface area (Å²) >= 11 is 0. The largest absolute Gasteiger partial charge is 0.354 e. The highest BCUT2D eigenvalue weighted by Gasteiger charge is 2.08. The molecule has 0 aliphatic rings. The Kier molecular flexibility index (Phi) is 6.58. The minimum atomic E-state index is -2.91. The Morgan fingerprint density at radius 1 is 1.56 bits per heavy atom. The normalized spacial score (nSPS) is 14.0. The van der Waals surface area contributed by atoms with Gasteiger partial charge in [-0.2, -0.15) is 0 Å². The summed E-state index contributed by atoms with van der Waals surface area (Å²) in [4.78, 5) is 3.96. The van der Waals surface area contributed by atoms with Crippen LogP contribution < -0.4 is 10.6 Å². The van der Waals surface area contributed by atoms with E-state index in [4.69, 9.17) is 6.42 Å². The van der Waals surface area contributed by atoms with Gasteiger partial charge in [-0.1, -0.05) is 5.92 Å². The van der Waals surface area contributed by atoms with E-state index in [1.165, 1.54) is 6.26 Å². The van der Waals surface area contributed by atoms with Gasteiger partial charge in [-0.25, -0.2) is 8.42 Å². The molecule has 1 unspecified atom stereocenters. The van der Waals surface area contributed by atoms with E-state index in [0.717, 1.165) is 0 Å². The molecule has 0 saturated carbocycles. The highest BCUT2D eigenvalue weighted by Crippen LogP contribution is 1.95.